The minimum absolute atomic E-state index is 0.0259. The second-order valence-corrected chi connectivity index (χ2v) is 5.67. The van der Waals surface area contributed by atoms with Crippen LogP contribution in [0.5, 0.6) is 0 Å². The molecule has 3 rings (SSSR count). The number of nitrogen functional groups attached to an aromatic ring is 1. The Balaban J connectivity index is 1.52. The maximum atomic E-state index is 12.2. The van der Waals surface area contributed by atoms with Crippen molar-refractivity contribution in [2.45, 2.75) is 18.9 Å². The predicted molar refractivity (Wildman–Crippen MR) is 86.0 cm³/mol. The van der Waals surface area contributed by atoms with E-state index in [-0.39, 0.29) is 17.9 Å². The molecular weight excluding hydrogens is 294 g/mol. The maximum Gasteiger partial charge on any atom is 0.257 e. The Bertz CT molecular complexity index is 672. The van der Waals surface area contributed by atoms with E-state index in [1.165, 1.54) is 12.5 Å². The van der Waals surface area contributed by atoms with Crippen LogP contribution < -0.4 is 11.1 Å². The van der Waals surface area contributed by atoms with Crippen molar-refractivity contribution >= 4 is 17.5 Å². The lowest BCUT2D eigenvalue weighted by atomic mass is 10.0. The molecule has 120 valence electrons. The number of carbonyl (C=O) groups excluding carboxylic acids is 2. The van der Waals surface area contributed by atoms with Crippen LogP contribution in [0.4, 0.5) is 5.69 Å². The number of rotatable bonds is 3. The van der Waals surface area contributed by atoms with Crippen molar-refractivity contribution in [3.8, 4) is 0 Å². The molecule has 1 saturated heterocycles. The molecule has 1 aromatic carbocycles. The molecule has 23 heavy (non-hydrogen) atoms. The number of nitrogens with zero attached hydrogens (tertiary/aromatic N) is 1. The van der Waals surface area contributed by atoms with Gasteiger partial charge in [0.25, 0.3) is 11.8 Å². The molecule has 0 aliphatic carbocycles. The summed E-state index contributed by atoms with van der Waals surface area (Å²) in [6.07, 6.45) is 4.43. The first kappa shape index (κ1) is 15.1. The predicted octanol–water partition coefficient (Wildman–Crippen LogP) is 1.90. The van der Waals surface area contributed by atoms with E-state index in [0.717, 1.165) is 12.8 Å². The van der Waals surface area contributed by atoms with Crippen LogP contribution in [0.1, 0.15) is 33.6 Å². The van der Waals surface area contributed by atoms with Crippen molar-refractivity contribution in [3.05, 3.63) is 54.0 Å². The van der Waals surface area contributed by atoms with Gasteiger partial charge in [-0.1, -0.05) is 0 Å². The summed E-state index contributed by atoms with van der Waals surface area (Å²) in [5, 5.41) is 3.01. The molecule has 0 atom stereocenters. The highest BCUT2D eigenvalue weighted by molar-refractivity contribution is 5.95. The van der Waals surface area contributed by atoms with E-state index in [2.05, 4.69) is 5.32 Å². The number of likely N-dealkylation sites (tertiary alicyclic amines) is 1. The first-order valence-corrected chi connectivity index (χ1v) is 7.61. The molecule has 2 amide bonds. The van der Waals surface area contributed by atoms with Gasteiger partial charge in [-0.05, 0) is 43.2 Å². The molecule has 0 radical (unpaired) electrons. The number of hydrogen-bond donors (Lipinski definition) is 2. The lowest BCUT2D eigenvalue weighted by Gasteiger charge is -2.32. The highest BCUT2D eigenvalue weighted by Gasteiger charge is 2.25. The Labute approximate surface area is 134 Å². The average Bonchev–Trinajstić information content (AvgIpc) is 3.10. The van der Waals surface area contributed by atoms with Crippen molar-refractivity contribution in [3.63, 3.8) is 0 Å². The highest BCUT2D eigenvalue weighted by atomic mass is 16.3. The summed E-state index contributed by atoms with van der Waals surface area (Å²) in [6, 6.07) is 8.58. The summed E-state index contributed by atoms with van der Waals surface area (Å²) < 4.78 is 4.94. The fourth-order valence-electron chi connectivity index (χ4n) is 2.70. The largest absolute Gasteiger partial charge is 0.472 e. The van der Waals surface area contributed by atoms with Gasteiger partial charge in [0, 0.05) is 30.4 Å². The molecule has 1 aliphatic rings. The van der Waals surface area contributed by atoms with E-state index in [0.29, 0.717) is 29.9 Å². The summed E-state index contributed by atoms with van der Waals surface area (Å²) in [7, 11) is 0. The minimum Gasteiger partial charge on any atom is -0.472 e. The number of carbonyl (C=O) groups is 2. The smallest absolute Gasteiger partial charge is 0.257 e. The molecule has 0 unspecified atom stereocenters. The highest BCUT2D eigenvalue weighted by Crippen LogP contribution is 2.15. The topological polar surface area (TPSA) is 88.6 Å². The number of anilines is 1. The van der Waals surface area contributed by atoms with E-state index in [1.807, 2.05) is 0 Å². The van der Waals surface area contributed by atoms with Gasteiger partial charge in [-0.15, -0.1) is 0 Å². The number of hydrogen-bond acceptors (Lipinski definition) is 4. The summed E-state index contributed by atoms with van der Waals surface area (Å²) in [5.41, 5.74) is 7.41. The molecule has 0 bridgehead atoms. The Morgan fingerprint density at radius 1 is 1.09 bits per heavy atom. The van der Waals surface area contributed by atoms with Crippen LogP contribution in [-0.2, 0) is 0 Å². The number of benzene rings is 1. The van der Waals surface area contributed by atoms with Gasteiger partial charge in [-0.2, -0.15) is 0 Å². The van der Waals surface area contributed by atoms with Crippen LogP contribution in [0.3, 0.4) is 0 Å². The fraction of sp³-hybridized carbons (Fsp3) is 0.294. The third-order valence-corrected chi connectivity index (χ3v) is 4.06. The molecule has 6 heteroatoms. The van der Waals surface area contributed by atoms with Crippen molar-refractivity contribution in [2.24, 2.45) is 0 Å². The summed E-state index contributed by atoms with van der Waals surface area (Å²) >= 11 is 0. The van der Waals surface area contributed by atoms with Crippen LogP contribution in [0.25, 0.3) is 0 Å². The summed E-state index contributed by atoms with van der Waals surface area (Å²) in [6.45, 7) is 1.24. The number of nitrogens with two attached hydrogens (primary N) is 1. The van der Waals surface area contributed by atoms with Crippen LogP contribution in [0, 0.1) is 0 Å². The number of piperidine rings is 1. The standard InChI is InChI=1S/C17H19N3O3/c18-14-3-1-12(2-4-14)16(21)19-15-5-8-20(9-6-15)17(22)13-7-10-23-11-13/h1-4,7,10-11,15H,5-6,8-9,18H2,(H,19,21). The van der Waals surface area contributed by atoms with Gasteiger partial charge in [0.05, 0.1) is 11.8 Å². The molecule has 2 aromatic rings. The van der Waals surface area contributed by atoms with Gasteiger partial charge < -0.3 is 20.4 Å². The van der Waals surface area contributed by atoms with E-state index in [4.69, 9.17) is 10.2 Å². The average molecular weight is 313 g/mol. The minimum atomic E-state index is -0.107. The van der Waals surface area contributed by atoms with Gasteiger partial charge in [-0.3, -0.25) is 9.59 Å². The molecule has 1 fully saturated rings. The van der Waals surface area contributed by atoms with Gasteiger partial charge in [0.2, 0.25) is 0 Å². The van der Waals surface area contributed by atoms with Gasteiger partial charge in [-0.25, -0.2) is 0 Å². The monoisotopic (exact) mass is 313 g/mol. The third kappa shape index (κ3) is 3.53. The van der Waals surface area contributed by atoms with Crippen molar-refractivity contribution in [1.29, 1.82) is 0 Å². The molecule has 0 spiro atoms. The zero-order chi connectivity index (χ0) is 16.2. The van der Waals surface area contributed by atoms with E-state index < -0.39 is 0 Å². The normalized spacial score (nSPS) is 15.4. The molecular formula is C17H19N3O3. The number of nitrogens with one attached hydrogen (secondary N) is 1. The summed E-state index contributed by atoms with van der Waals surface area (Å²) in [5.74, 6) is -0.133. The van der Waals surface area contributed by atoms with Crippen LogP contribution >= 0.6 is 0 Å². The number of amides is 2. The van der Waals surface area contributed by atoms with Gasteiger partial charge in [0.15, 0.2) is 0 Å². The van der Waals surface area contributed by atoms with Crippen LogP contribution in [-0.4, -0.2) is 35.8 Å². The first-order chi connectivity index (χ1) is 11.1. The summed E-state index contributed by atoms with van der Waals surface area (Å²) in [4.78, 5) is 26.2. The molecule has 1 aliphatic heterocycles. The second-order valence-electron chi connectivity index (χ2n) is 5.67. The first-order valence-electron chi connectivity index (χ1n) is 7.61. The lowest BCUT2D eigenvalue weighted by Crippen LogP contribution is -2.46. The van der Waals surface area contributed by atoms with Crippen molar-refractivity contribution in [2.75, 3.05) is 18.8 Å². The Morgan fingerprint density at radius 2 is 1.78 bits per heavy atom. The lowest BCUT2D eigenvalue weighted by molar-refractivity contribution is 0.0697. The number of furan rings is 1. The maximum absolute atomic E-state index is 12.2. The second kappa shape index (κ2) is 6.56. The molecule has 2 heterocycles. The molecule has 6 nitrogen and oxygen atoms in total. The van der Waals surface area contributed by atoms with Crippen molar-refractivity contribution < 1.29 is 14.0 Å². The van der Waals surface area contributed by atoms with Crippen LogP contribution in [0.15, 0.2) is 47.3 Å². The Morgan fingerprint density at radius 3 is 2.39 bits per heavy atom. The van der Waals surface area contributed by atoms with E-state index >= 15 is 0 Å². The van der Waals surface area contributed by atoms with Crippen LogP contribution in [0.2, 0.25) is 0 Å². The zero-order valence-corrected chi connectivity index (χ0v) is 12.7. The third-order valence-electron chi connectivity index (χ3n) is 4.06. The molecule has 0 saturated carbocycles. The Hall–Kier alpha value is -2.76. The molecule has 3 N–H and O–H groups in total. The quantitative estimate of drug-likeness (QED) is 0.847. The van der Waals surface area contributed by atoms with Gasteiger partial charge >= 0.3 is 0 Å². The fourth-order valence-corrected chi connectivity index (χ4v) is 2.70. The van der Waals surface area contributed by atoms with Crippen molar-refractivity contribution in [1.82, 2.24) is 10.2 Å². The Kier molecular flexibility index (Phi) is 4.32. The van der Waals surface area contributed by atoms with E-state index in [9.17, 15) is 9.59 Å². The van der Waals surface area contributed by atoms with Gasteiger partial charge in [0.1, 0.15) is 6.26 Å². The SMILES string of the molecule is Nc1ccc(C(=O)NC2CCN(C(=O)c3ccoc3)CC2)cc1. The van der Waals surface area contributed by atoms with E-state index in [1.54, 1.807) is 35.2 Å². The molecule has 1 aromatic heterocycles. The zero-order valence-electron chi connectivity index (χ0n) is 12.7.